The maximum atomic E-state index is 13.0. The number of nitrogens with zero attached hydrogens (tertiary/aromatic N) is 1. The van der Waals surface area contributed by atoms with Crippen molar-refractivity contribution in [1.29, 1.82) is 0 Å². The van der Waals surface area contributed by atoms with Crippen LogP contribution in [0.25, 0.3) is 0 Å². The molecule has 1 heterocycles. The molecule has 1 amide bonds. The lowest BCUT2D eigenvalue weighted by molar-refractivity contribution is -0.118. The van der Waals surface area contributed by atoms with Crippen LogP contribution in [0.15, 0.2) is 36.0 Å². The van der Waals surface area contributed by atoms with E-state index in [1.54, 1.807) is 23.8 Å². The fraction of sp³-hybridized carbons (Fsp3) is 0.0909. The molecule has 2 rings (SSSR count). The lowest BCUT2D eigenvalue weighted by Gasteiger charge is -2.14. The quantitative estimate of drug-likeness (QED) is 0.872. The molecule has 0 bridgehead atoms. The lowest BCUT2D eigenvalue weighted by atomic mass is 10.2. The second-order valence-electron chi connectivity index (χ2n) is 3.39. The second kappa shape index (κ2) is 4.92. The molecule has 0 saturated carbocycles. The number of hydrogen-bond acceptors (Lipinski definition) is 4. The predicted octanol–water partition coefficient (Wildman–Crippen LogP) is 1.92. The van der Waals surface area contributed by atoms with Gasteiger partial charge in [-0.3, -0.25) is 9.78 Å². The van der Waals surface area contributed by atoms with E-state index in [1.807, 2.05) is 0 Å². The van der Waals surface area contributed by atoms with Crippen LogP contribution >= 0.6 is 11.3 Å². The second-order valence-corrected chi connectivity index (χ2v) is 4.31. The van der Waals surface area contributed by atoms with Crippen molar-refractivity contribution in [2.24, 2.45) is 5.73 Å². The molecule has 88 valence electrons. The van der Waals surface area contributed by atoms with Gasteiger partial charge in [-0.05, 0) is 18.2 Å². The SMILES string of the molecule is NC(=O)C(Nc1cccc(F)c1)c1cncs1. The maximum absolute atomic E-state index is 13.0. The van der Waals surface area contributed by atoms with Crippen molar-refractivity contribution in [1.82, 2.24) is 4.98 Å². The van der Waals surface area contributed by atoms with Crippen LogP contribution in [0.5, 0.6) is 0 Å². The van der Waals surface area contributed by atoms with E-state index in [0.717, 1.165) is 0 Å². The zero-order chi connectivity index (χ0) is 12.3. The van der Waals surface area contributed by atoms with Crippen LogP contribution in [-0.4, -0.2) is 10.9 Å². The van der Waals surface area contributed by atoms with Gasteiger partial charge in [0.25, 0.3) is 0 Å². The number of nitrogens with one attached hydrogen (secondary N) is 1. The minimum atomic E-state index is -0.690. The third-order valence-corrected chi connectivity index (χ3v) is 3.00. The Hall–Kier alpha value is -1.95. The van der Waals surface area contributed by atoms with Crippen LogP contribution in [-0.2, 0) is 4.79 Å². The van der Waals surface area contributed by atoms with Crippen LogP contribution in [0.4, 0.5) is 10.1 Å². The first-order chi connectivity index (χ1) is 8.16. The molecule has 1 atom stereocenters. The van der Waals surface area contributed by atoms with Crippen LogP contribution in [0.3, 0.4) is 0 Å². The molecule has 0 fully saturated rings. The molecular weight excluding hydrogens is 241 g/mol. The highest BCUT2D eigenvalue weighted by molar-refractivity contribution is 7.09. The number of anilines is 1. The van der Waals surface area contributed by atoms with Gasteiger partial charge in [-0.25, -0.2) is 4.39 Å². The third kappa shape index (κ3) is 2.79. The molecule has 6 heteroatoms. The fourth-order valence-corrected chi connectivity index (χ4v) is 2.07. The average Bonchev–Trinajstić information content (AvgIpc) is 2.78. The topological polar surface area (TPSA) is 68.0 Å². The molecule has 0 aliphatic heterocycles. The summed E-state index contributed by atoms with van der Waals surface area (Å²) in [5.41, 5.74) is 7.41. The monoisotopic (exact) mass is 251 g/mol. The maximum Gasteiger partial charge on any atom is 0.245 e. The van der Waals surface area contributed by atoms with Gasteiger partial charge in [-0.2, -0.15) is 0 Å². The fourth-order valence-electron chi connectivity index (χ4n) is 1.40. The zero-order valence-electron chi connectivity index (χ0n) is 8.76. The van der Waals surface area contributed by atoms with E-state index in [9.17, 15) is 9.18 Å². The summed E-state index contributed by atoms with van der Waals surface area (Å²) in [6.45, 7) is 0. The van der Waals surface area contributed by atoms with Crippen molar-refractivity contribution in [3.05, 3.63) is 46.7 Å². The van der Waals surface area contributed by atoms with E-state index in [1.165, 1.54) is 23.5 Å². The zero-order valence-corrected chi connectivity index (χ0v) is 9.58. The first-order valence-electron chi connectivity index (χ1n) is 4.86. The molecule has 1 unspecified atom stereocenters. The Morgan fingerprint density at radius 2 is 2.35 bits per heavy atom. The number of primary amides is 1. The Morgan fingerprint density at radius 1 is 1.53 bits per heavy atom. The highest BCUT2D eigenvalue weighted by atomic mass is 32.1. The number of halogens is 1. The minimum absolute atomic E-state index is 0.373. The van der Waals surface area contributed by atoms with Crippen molar-refractivity contribution < 1.29 is 9.18 Å². The molecule has 0 spiro atoms. The summed E-state index contributed by atoms with van der Waals surface area (Å²) < 4.78 is 13.0. The first kappa shape index (κ1) is 11.5. The molecule has 4 nitrogen and oxygen atoms in total. The number of rotatable bonds is 4. The van der Waals surface area contributed by atoms with Crippen molar-refractivity contribution in [2.75, 3.05) is 5.32 Å². The number of amides is 1. The predicted molar refractivity (Wildman–Crippen MR) is 64.1 cm³/mol. The minimum Gasteiger partial charge on any atom is -0.369 e. The highest BCUT2D eigenvalue weighted by Gasteiger charge is 2.19. The van der Waals surface area contributed by atoms with Crippen molar-refractivity contribution in [3.63, 3.8) is 0 Å². The van der Waals surface area contributed by atoms with Gasteiger partial charge < -0.3 is 11.1 Å². The first-order valence-corrected chi connectivity index (χ1v) is 5.74. The van der Waals surface area contributed by atoms with Gasteiger partial charge in [0.2, 0.25) is 5.91 Å². The van der Waals surface area contributed by atoms with Gasteiger partial charge in [-0.15, -0.1) is 11.3 Å². The smallest absolute Gasteiger partial charge is 0.245 e. The third-order valence-electron chi connectivity index (χ3n) is 2.16. The van der Waals surface area contributed by atoms with E-state index in [0.29, 0.717) is 10.6 Å². The summed E-state index contributed by atoms with van der Waals surface area (Å²) in [7, 11) is 0. The van der Waals surface area contributed by atoms with Crippen LogP contribution in [0.1, 0.15) is 10.9 Å². The summed E-state index contributed by atoms with van der Waals surface area (Å²) in [4.78, 5) is 15.9. The number of carbonyl (C=O) groups excluding carboxylic acids is 1. The largest absolute Gasteiger partial charge is 0.369 e. The Labute approximate surface area is 101 Å². The summed E-state index contributed by atoms with van der Waals surface area (Å²) in [6.07, 6.45) is 1.56. The highest BCUT2D eigenvalue weighted by Crippen LogP contribution is 2.22. The summed E-state index contributed by atoms with van der Waals surface area (Å²) in [5.74, 6) is -0.902. The molecule has 3 N–H and O–H groups in total. The molecule has 0 radical (unpaired) electrons. The van der Waals surface area contributed by atoms with E-state index in [2.05, 4.69) is 10.3 Å². The van der Waals surface area contributed by atoms with Crippen LogP contribution in [0, 0.1) is 5.82 Å². The van der Waals surface area contributed by atoms with Gasteiger partial charge in [-0.1, -0.05) is 6.07 Å². The average molecular weight is 251 g/mol. The van der Waals surface area contributed by atoms with E-state index in [4.69, 9.17) is 5.73 Å². The van der Waals surface area contributed by atoms with E-state index in [-0.39, 0.29) is 5.82 Å². The number of thiazole rings is 1. The molecule has 1 aromatic heterocycles. The Kier molecular flexibility index (Phi) is 3.34. The van der Waals surface area contributed by atoms with Gasteiger partial charge in [0, 0.05) is 11.9 Å². The molecule has 0 aliphatic carbocycles. The number of carbonyl (C=O) groups is 1. The molecule has 0 aliphatic rings. The number of benzene rings is 1. The summed E-state index contributed by atoms with van der Waals surface area (Å²) in [5, 5.41) is 2.88. The number of hydrogen-bond donors (Lipinski definition) is 2. The lowest BCUT2D eigenvalue weighted by Crippen LogP contribution is -2.27. The van der Waals surface area contributed by atoms with Crippen molar-refractivity contribution in [3.8, 4) is 0 Å². The van der Waals surface area contributed by atoms with Crippen molar-refractivity contribution in [2.45, 2.75) is 6.04 Å². The Bertz CT molecular complexity index is 515. The number of aromatic nitrogens is 1. The van der Waals surface area contributed by atoms with Crippen molar-refractivity contribution >= 4 is 22.9 Å². The van der Waals surface area contributed by atoms with Gasteiger partial charge in [0.15, 0.2) is 0 Å². The molecule has 17 heavy (non-hydrogen) atoms. The van der Waals surface area contributed by atoms with Gasteiger partial charge in [0.1, 0.15) is 11.9 Å². The molecule has 1 aromatic carbocycles. The van der Waals surface area contributed by atoms with Crippen LogP contribution in [0.2, 0.25) is 0 Å². The molecular formula is C11H10FN3OS. The van der Waals surface area contributed by atoms with E-state index < -0.39 is 11.9 Å². The van der Waals surface area contributed by atoms with E-state index >= 15 is 0 Å². The summed E-state index contributed by atoms with van der Waals surface area (Å²) >= 11 is 1.31. The standard InChI is InChI=1S/C11H10FN3OS/c12-7-2-1-3-8(4-7)15-10(11(13)16)9-5-14-6-17-9/h1-6,10,15H,(H2,13,16). The van der Waals surface area contributed by atoms with Gasteiger partial charge in [0.05, 0.1) is 10.4 Å². The normalized spacial score (nSPS) is 12.1. The van der Waals surface area contributed by atoms with Crippen LogP contribution < -0.4 is 11.1 Å². The molecule has 0 saturated heterocycles. The molecule has 2 aromatic rings. The number of nitrogens with two attached hydrogens (primary N) is 1. The Morgan fingerprint density at radius 3 is 2.94 bits per heavy atom. The Balaban J connectivity index is 2.22. The van der Waals surface area contributed by atoms with Gasteiger partial charge >= 0.3 is 0 Å². The summed E-state index contributed by atoms with van der Waals surface area (Å²) in [6, 6.07) is 5.17.